The lowest BCUT2D eigenvalue weighted by molar-refractivity contribution is -0.383. The summed E-state index contributed by atoms with van der Waals surface area (Å²) in [6.45, 7) is 1.86. The third-order valence-corrected chi connectivity index (χ3v) is 3.60. The third kappa shape index (κ3) is 2.87. The van der Waals surface area contributed by atoms with Crippen molar-refractivity contribution >= 4 is 33.9 Å². The number of rotatable bonds is 3. The molecule has 24 heavy (non-hydrogen) atoms. The first-order chi connectivity index (χ1) is 11.5. The number of carbonyl (C=O) groups excluding carboxylic acids is 1. The van der Waals surface area contributed by atoms with Gasteiger partial charge in [-0.3, -0.25) is 19.9 Å². The zero-order valence-electron chi connectivity index (χ0n) is 12.8. The molecule has 1 aromatic heterocycles. The maximum absolute atomic E-state index is 12.4. The Morgan fingerprint density at radius 2 is 2.00 bits per heavy atom. The lowest BCUT2D eigenvalue weighted by Crippen LogP contribution is -2.13. The van der Waals surface area contributed by atoms with Crippen LogP contribution in [0.1, 0.15) is 16.1 Å². The first-order valence-corrected chi connectivity index (χ1v) is 7.17. The van der Waals surface area contributed by atoms with E-state index in [2.05, 4.69) is 10.3 Å². The van der Waals surface area contributed by atoms with E-state index in [0.29, 0.717) is 11.2 Å². The first kappa shape index (κ1) is 15.4. The van der Waals surface area contributed by atoms with E-state index in [9.17, 15) is 14.9 Å². The number of para-hydroxylation sites is 1. The zero-order chi connectivity index (χ0) is 17.3. The molecule has 0 atom stereocenters. The van der Waals surface area contributed by atoms with Crippen LogP contribution in [0.15, 0.2) is 48.5 Å². The number of nitrogen functional groups attached to an aromatic ring is 1. The van der Waals surface area contributed by atoms with Gasteiger partial charge in [0.1, 0.15) is 5.69 Å². The number of hydrogen-bond donors (Lipinski definition) is 2. The number of benzene rings is 2. The second-order valence-corrected chi connectivity index (χ2v) is 5.31. The standard InChI is InChI=1S/C17H14N4O3/c1-10-5-6-11-3-2-4-14(16(11)19-10)20-17(22)12-7-8-13(18)15(9-12)21(23)24/h2-9H,18H2,1H3,(H,20,22). The van der Waals surface area contributed by atoms with Crippen LogP contribution in [-0.4, -0.2) is 15.8 Å². The van der Waals surface area contributed by atoms with Gasteiger partial charge in [0.05, 0.1) is 16.1 Å². The first-order valence-electron chi connectivity index (χ1n) is 7.17. The molecular formula is C17H14N4O3. The molecule has 2 aromatic carbocycles. The summed E-state index contributed by atoms with van der Waals surface area (Å²) in [6, 6.07) is 13.2. The van der Waals surface area contributed by atoms with Crippen molar-refractivity contribution in [1.82, 2.24) is 4.98 Å². The fraction of sp³-hybridized carbons (Fsp3) is 0.0588. The van der Waals surface area contributed by atoms with Crippen molar-refractivity contribution < 1.29 is 9.72 Å². The summed E-state index contributed by atoms with van der Waals surface area (Å²) in [7, 11) is 0. The molecule has 0 unspecified atom stereocenters. The molecular weight excluding hydrogens is 308 g/mol. The number of anilines is 2. The fourth-order valence-corrected chi connectivity index (χ4v) is 2.38. The van der Waals surface area contributed by atoms with E-state index in [1.54, 1.807) is 12.1 Å². The van der Waals surface area contributed by atoms with Gasteiger partial charge < -0.3 is 11.1 Å². The van der Waals surface area contributed by atoms with Crippen LogP contribution in [0.5, 0.6) is 0 Å². The SMILES string of the molecule is Cc1ccc2cccc(NC(=O)c3ccc(N)c([N+](=O)[O-])c3)c2n1. The van der Waals surface area contributed by atoms with Crippen LogP contribution in [0.2, 0.25) is 0 Å². The van der Waals surface area contributed by atoms with E-state index in [4.69, 9.17) is 5.73 Å². The highest BCUT2D eigenvalue weighted by Gasteiger charge is 2.16. The van der Waals surface area contributed by atoms with Crippen molar-refractivity contribution in [2.24, 2.45) is 0 Å². The summed E-state index contributed by atoms with van der Waals surface area (Å²) in [5.41, 5.74) is 7.45. The molecule has 0 aliphatic heterocycles. The van der Waals surface area contributed by atoms with Crippen LogP contribution in [0.4, 0.5) is 17.1 Å². The topological polar surface area (TPSA) is 111 Å². The van der Waals surface area contributed by atoms with Crippen molar-refractivity contribution in [2.45, 2.75) is 6.92 Å². The molecule has 120 valence electrons. The zero-order valence-corrected chi connectivity index (χ0v) is 12.8. The largest absolute Gasteiger partial charge is 0.393 e. The van der Waals surface area contributed by atoms with Gasteiger partial charge in [-0.25, -0.2) is 0 Å². The number of carbonyl (C=O) groups is 1. The lowest BCUT2D eigenvalue weighted by Gasteiger charge is -2.09. The quantitative estimate of drug-likeness (QED) is 0.436. The molecule has 7 heteroatoms. The van der Waals surface area contributed by atoms with Gasteiger partial charge in [0.2, 0.25) is 0 Å². The fourth-order valence-electron chi connectivity index (χ4n) is 2.38. The summed E-state index contributed by atoms with van der Waals surface area (Å²) in [6.07, 6.45) is 0. The minimum absolute atomic E-state index is 0.0130. The van der Waals surface area contributed by atoms with Gasteiger partial charge in [-0.2, -0.15) is 0 Å². The molecule has 3 rings (SSSR count). The van der Waals surface area contributed by atoms with Crippen LogP contribution in [0.25, 0.3) is 10.9 Å². The molecule has 3 aromatic rings. The molecule has 0 fully saturated rings. The number of amides is 1. The minimum atomic E-state index is -0.616. The molecule has 1 heterocycles. The van der Waals surface area contributed by atoms with E-state index >= 15 is 0 Å². The molecule has 7 nitrogen and oxygen atoms in total. The van der Waals surface area contributed by atoms with Crippen LogP contribution in [-0.2, 0) is 0 Å². The molecule has 0 aliphatic rings. The Morgan fingerprint density at radius 1 is 1.21 bits per heavy atom. The number of nitro benzene ring substituents is 1. The second-order valence-electron chi connectivity index (χ2n) is 5.31. The number of fused-ring (bicyclic) bond motifs is 1. The van der Waals surface area contributed by atoms with Gasteiger partial charge in [-0.05, 0) is 31.2 Å². The highest BCUT2D eigenvalue weighted by molar-refractivity contribution is 6.08. The number of nitrogens with two attached hydrogens (primary N) is 1. The number of nitrogens with one attached hydrogen (secondary N) is 1. The van der Waals surface area contributed by atoms with E-state index in [0.717, 1.165) is 17.1 Å². The van der Waals surface area contributed by atoms with E-state index in [1.807, 2.05) is 25.1 Å². The highest BCUT2D eigenvalue weighted by Crippen LogP contribution is 2.25. The molecule has 3 N–H and O–H groups in total. The molecule has 0 saturated carbocycles. The summed E-state index contributed by atoms with van der Waals surface area (Å²) in [5, 5.41) is 14.6. The summed E-state index contributed by atoms with van der Waals surface area (Å²) in [5.74, 6) is -0.464. The predicted molar refractivity (Wildman–Crippen MR) is 91.9 cm³/mol. The Kier molecular flexibility index (Phi) is 3.83. The monoisotopic (exact) mass is 322 g/mol. The van der Waals surface area contributed by atoms with Crippen LogP contribution < -0.4 is 11.1 Å². The smallest absolute Gasteiger partial charge is 0.292 e. The summed E-state index contributed by atoms with van der Waals surface area (Å²) in [4.78, 5) is 27.2. The van der Waals surface area contributed by atoms with Crippen molar-refractivity contribution in [3.8, 4) is 0 Å². The number of nitro groups is 1. The summed E-state index contributed by atoms with van der Waals surface area (Å²) < 4.78 is 0. The van der Waals surface area contributed by atoms with Gasteiger partial charge >= 0.3 is 0 Å². The maximum Gasteiger partial charge on any atom is 0.292 e. The number of pyridine rings is 1. The van der Waals surface area contributed by atoms with Gasteiger partial charge in [0, 0.05) is 22.7 Å². The van der Waals surface area contributed by atoms with Gasteiger partial charge in [0.25, 0.3) is 11.6 Å². The van der Waals surface area contributed by atoms with Crippen molar-refractivity contribution in [3.63, 3.8) is 0 Å². The van der Waals surface area contributed by atoms with Crippen LogP contribution in [0, 0.1) is 17.0 Å². The Bertz CT molecular complexity index is 969. The molecule has 0 saturated heterocycles. The summed E-state index contributed by atoms with van der Waals surface area (Å²) >= 11 is 0. The Labute approximate surface area is 137 Å². The maximum atomic E-state index is 12.4. The number of aryl methyl sites for hydroxylation is 1. The molecule has 0 radical (unpaired) electrons. The van der Waals surface area contributed by atoms with Crippen molar-refractivity contribution in [1.29, 1.82) is 0 Å². The van der Waals surface area contributed by atoms with Crippen LogP contribution >= 0.6 is 0 Å². The molecule has 0 spiro atoms. The highest BCUT2D eigenvalue weighted by atomic mass is 16.6. The van der Waals surface area contributed by atoms with Crippen molar-refractivity contribution in [3.05, 3.63) is 69.9 Å². The number of aromatic nitrogens is 1. The van der Waals surface area contributed by atoms with Gasteiger partial charge in [-0.1, -0.05) is 18.2 Å². The van der Waals surface area contributed by atoms with E-state index in [1.165, 1.54) is 12.1 Å². The lowest BCUT2D eigenvalue weighted by atomic mass is 10.1. The third-order valence-electron chi connectivity index (χ3n) is 3.60. The Hall–Kier alpha value is -3.48. The average molecular weight is 322 g/mol. The number of nitrogens with zero attached hydrogens (tertiary/aromatic N) is 2. The molecule has 0 aliphatic carbocycles. The Morgan fingerprint density at radius 3 is 2.75 bits per heavy atom. The molecule has 1 amide bonds. The minimum Gasteiger partial charge on any atom is -0.393 e. The Balaban J connectivity index is 1.97. The number of hydrogen-bond acceptors (Lipinski definition) is 5. The van der Waals surface area contributed by atoms with E-state index in [-0.39, 0.29) is 16.9 Å². The van der Waals surface area contributed by atoms with Crippen LogP contribution in [0.3, 0.4) is 0 Å². The van der Waals surface area contributed by atoms with Gasteiger partial charge in [0.15, 0.2) is 0 Å². The molecule has 0 bridgehead atoms. The normalized spacial score (nSPS) is 10.5. The van der Waals surface area contributed by atoms with Gasteiger partial charge in [-0.15, -0.1) is 0 Å². The van der Waals surface area contributed by atoms with E-state index < -0.39 is 10.8 Å². The van der Waals surface area contributed by atoms with Crippen molar-refractivity contribution in [2.75, 3.05) is 11.1 Å². The predicted octanol–water partition coefficient (Wildman–Crippen LogP) is 3.29. The second kappa shape index (κ2) is 5.96. The average Bonchev–Trinajstić information content (AvgIpc) is 2.55.